The Balaban J connectivity index is 2.23. The zero-order chi connectivity index (χ0) is 13.7. The Bertz CT molecular complexity index is 925. The van der Waals surface area contributed by atoms with Crippen molar-refractivity contribution in [1.82, 2.24) is 0 Å². The fraction of sp³-hybridized carbons (Fsp3) is 0.222. The molecular formula is C18H14ClF. The maximum absolute atomic E-state index is 14.1. The van der Waals surface area contributed by atoms with Gasteiger partial charge >= 0.3 is 0 Å². The van der Waals surface area contributed by atoms with E-state index in [1.807, 2.05) is 12.1 Å². The summed E-state index contributed by atoms with van der Waals surface area (Å²) in [6, 6.07) is 7.91. The molecule has 0 saturated heterocycles. The Morgan fingerprint density at radius 3 is 2.70 bits per heavy atom. The topological polar surface area (TPSA) is 0 Å². The van der Waals surface area contributed by atoms with Gasteiger partial charge in [0.2, 0.25) is 0 Å². The van der Waals surface area contributed by atoms with Crippen molar-refractivity contribution in [1.29, 1.82) is 0 Å². The lowest BCUT2D eigenvalue weighted by Crippen LogP contribution is -2.21. The van der Waals surface area contributed by atoms with E-state index >= 15 is 0 Å². The average Bonchev–Trinajstić information content (AvgIpc) is 2.50. The highest BCUT2D eigenvalue weighted by Crippen LogP contribution is 2.19. The summed E-state index contributed by atoms with van der Waals surface area (Å²) in [6.45, 7) is 0. The van der Waals surface area contributed by atoms with Gasteiger partial charge in [0, 0.05) is 5.22 Å². The van der Waals surface area contributed by atoms with Crippen LogP contribution in [-0.4, -0.2) is 0 Å². The Hall–Kier alpha value is -1.60. The van der Waals surface area contributed by atoms with Crippen molar-refractivity contribution in [2.45, 2.75) is 25.7 Å². The van der Waals surface area contributed by atoms with Gasteiger partial charge < -0.3 is 0 Å². The lowest BCUT2D eigenvalue weighted by Gasteiger charge is -2.16. The average molecular weight is 285 g/mol. The highest BCUT2D eigenvalue weighted by Gasteiger charge is 2.13. The molecule has 2 aliphatic rings. The molecule has 0 heterocycles. The van der Waals surface area contributed by atoms with Gasteiger partial charge in [-0.2, -0.15) is 0 Å². The van der Waals surface area contributed by atoms with Gasteiger partial charge in [-0.3, -0.25) is 0 Å². The molecule has 0 saturated carbocycles. The molecule has 0 bridgehead atoms. The summed E-state index contributed by atoms with van der Waals surface area (Å²) in [7, 11) is 0. The van der Waals surface area contributed by atoms with Crippen molar-refractivity contribution in [3.05, 3.63) is 67.1 Å². The van der Waals surface area contributed by atoms with Crippen molar-refractivity contribution in [2.24, 2.45) is 0 Å². The highest BCUT2D eigenvalue weighted by atomic mass is 35.5. The van der Waals surface area contributed by atoms with E-state index in [1.165, 1.54) is 28.0 Å². The van der Waals surface area contributed by atoms with Crippen LogP contribution >= 0.6 is 11.6 Å². The fourth-order valence-electron chi connectivity index (χ4n) is 3.42. The molecule has 0 amide bonds. The number of hydrogen-bond donors (Lipinski definition) is 0. The van der Waals surface area contributed by atoms with Crippen LogP contribution in [0.4, 0.5) is 4.39 Å². The lowest BCUT2D eigenvalue weighted by molar-refractivity contribution is 0.617. The van der Waals surface area contributed by atoms with Crippen LogP contribution in [0.3, 0.4) is 0 Å². The molecule has 20 heavy (non-hydrogen) atoms. The minimum atomic E-state index is -0.293. The van der Waals surface area contributed by atoms with E-state index in [4.69, 9.17) is 11.6 Å². The Labute approximate surface area is 121 Å². The van der Waals surface area contributed by atoms with Gasteiger partial charge in [-0.25, -0.2) is 4.39 Å². The summed E-state index contributed by atoms with van der Waals surface area (Å²) in [5.41, 5.74) is 2.82. The molecule has 0 nitrogen and oxygen atoms in total. The van der Waals surface area contributed by atoms with Gasteiger partial charge in [0.15, 0.2) is 0 Å². The van der Waals surface area contributed by atoms with Crippen LogP contribution in [0.5, 0.6) is 0 Å². The predicted molar refractivity (Wildman–Crippen MR) is 80.3 cm³/mol. The normalized spacial score (nSPS) is 15.5. The molecule has 0 unspecified atom stereocenters. The smallest absolute Gasteiger partial charge is 0.149 e. The van der Waals surface area contributed by atoms with E-state index in [2.05, 4.69) is 18.2 Å². The molecule has 0 atom stereocenters. The molecular weight excluding hydrogens is 271 g/mol. The number of rotatable bonds is 0. The van der Waals surface area contributed by atoms with Crippen LogP contribution in [0, 0.1) is 16.3 Å². The predicted octanol–water partition coefficient (Wildman–Crippen LogP) is 3.22. The first-order valence-corrected chi connectivity index (χ1v) is 7.43. The second-order valence-corrected chi connectivity index (χ2v) is 5.89. The summed E-state index contributed by atoms with van der Waals surface area (Å²) >= 11 is 5.89. The molecule has 0 aromatic heterocycles. The van der Waals surface area contributed by atoms with Gasteiger partial charge in [0.25, 0.3) is 0 Å². The molecule has 2 aliphatic carbocycles. The van der Waals surface area contributed by atoms with E-state index in [-0.39, 0.29) is 10.8 Å². The maximum Gasteiger partial charge on any atom is 0.149 e. The second-order valence-electron chi connectivity index (χ2n) is 5.49. The van der Waals surface area contributed by atoms with Crippen LogP contribution in [0.15, 0.2) is 24.3 Å². The third-order valence-corrected chi connectivity index (χ3v) is 4.69. The van der Waals surface area contributed by atoms with Crippen molar-refractivity contribution >= 4 is 23.8 Å². The summed E-state index contributed by atoms with van der Waals surface area (Å²) in [6.07, 6.45) is 8.61. The second kappa shape index (κ2) is 4.46. The monoisotopic (exact) mass is 284 g/mol. The maximum atomic E-state index is 14.1. The zero-order valence-corrected chi connectivity index (χ0v) is 11.8. The minimum Gasteiger partial charge on any atom is -0.205 e. The van der Waals surface area contributed by atoms with Crippen LogP contribution in [0.25, 0.3) is 12.2 Å². The van der Waals surface area contributed by atoms with Crippen molar-refractivity contribution in [2.75, 3.05) is 0 Å². The molecule has 0 aliphatic heterocycles. The summed E-state index contributed by atoms with van der Waals surface area (Å²) in [4.78, 5) is 0. The van der Waals surface area contributed by atoms with E-state index in [0.717, 1.165) is 24.5 Å². The standard InChI is InChI=1S/C18H14ClF/c19-17-10-9-15-14-6-5-11-3-1-2-4-12(11)13(14)7-8-16(15)18(17)20/h3,5-6,8-10H,1-2,4,7H2. The summed E-state index contributed by atoms with van der Waals surface area (Å²) in [5, 5.41) is 4.37. The summed E-state index contributed by atoms with van der Waals surface area (Å²) in [5.74, 6) is -0.293. The van der Waals surface area contributed by atoms with Crippen LogP contribution < -0.4 is 10.4 Å². The SMILES string of the molecule is Fc1c(Cl)ccc2c1=CCc1c3c(ccc1=2)=CCCC3. The van der Waals surface area contributed by atoms with E-state index in [0.29, 0.717) is 5.22 Å². The molecule has 100 valence electrons. The largest absolute Gasteiger partial charge is 0.205 e. The highest BCUT2D eigenvalue weighted by molar-refractivity contribution is 6.30. The summed E-state index contributed by atoms with van der Waals surface area (Å²) < 4.78 is 14.1. The van der Waals surface area contributed by atoms with Crippen LogP contribution in [0.2, 0.25) is 5.02 Å². The molecule has 2 aromatic rings. The van der Waals surface area contributed by atoms with Gasteiger partial charge in [0.05, 0.1) is 5.02 Å². The quantitative estimate of drug-likeness (QED) is 0.697. The third kappa shape index (κ3) is 1.66. The molecule has 2 heteroatoms. The van der Waals surface area contributed by atoms with Gasteiger partial charge in [0.1, 0.15) is 5.82 Å². The van der Waals surface area contributed by atoms with Crippen LogP contribution in [0.1, 0.15) is 24.0 Å². The van der Waals surface area contributed by atoms with E-state index in [1.54, 1.807) is 6.07 Å². The Morgan fingerprint density at radius 1 is 0.950 bits per heavy atom. The van der Waals surface area contributed by atoms with Crippen LogP contribution in [-0.2, 0) is 12.8 Å². The molecule has 4 rings (SSSR count). The number of fused-ring (bicyclic) bond motifs is 4. The third-order valence-electron chi connectivity index (χ3n) is 4.40. The number of benzene rings is 2. The number of hydrogen-bond acceptors (Lipinski definition) is 0. The Morgan fingerprint density at radius 2 is 1.80 bits per heavy atom. The first-order valence-electron chi connectivity index (χ1n) is 7.05. The van der Waals surface area contributed by atoms with E-state index < -0.39 is 0 Å². The van der Waals surface area contributed by atoms with E-state index in [9.17, 15) is 4.39 Å². The van der Waals surface area contributed by atoms with Gasteiger partial charge in [-0.05, 0) is 58.5 Å². The first kappa shape index (κ1) is 12.2. The molecule has 2 aromatic carbocycles. The van der Waals surface area contributed by atoms with Crippen molar-refractivity contribution in [3.8, 4) is 0 Å². The molecule has 0 spiro atoms. The van der Waals surface area contributed by atoms with Crippen molar-refractivity contribution in [3.63, 3.8) is 0 Å². The molecule has 0 radical (unpaired) electrons. The Kier molecular flexibility index (Phi) is 2.71. The van der Waals surface area contributed by atoms with Gasteiger partial charge in [-0.1, -0.05) is 42.0 Å². The zero-order valence-electron chi connectivity index (χ0n) is 11.0. The molecule has 0 fully saturated rings. The first-order chi connectivity index (χ1) is 9.75. The minimum absolute atomic E-state index is 0.203. The fourth-order valence-corrected chi connectivity index (χ4v) is 3.59. The van der Waals surface area contributed by atoms with Crippen molar-refractivity contribution < 1.29 is 4.39 Å². The number of halogens is 2. The lowest BCUT2D eigenvalue weighted by atomic mass is 9.89. The van der Waals surface area contributed by atoms with Gasteiger partial charge in [-0.15, -0.1) is 0 Å². The molecule has 0 N–H and O–H groups in total.